The quantitative estimate of drug-likeness (QED) is 0.804. The number of ether oxygens (including phenoxy) is 1. The molecule has 2 unspecified atom stereocenters. The van der Waals surface area contributed by atoms with Crippen molar-refractivity contribution < 1.29 is 4.74 Å². The molecule has 0 aliphatic carbocycles. The van der Waals surface area contributed by atoms with Gasteiger partial charge < -0.3 is 10.1 Å². The summed E-state index contributed by atoms with van der Waals surface area (Å²) in [4.78, 5) is 5.72. The molecule has 0 amide bonds. The van der Waals surface area contributed by atoms with Gasteiger partial charge in [-0.25, -0.2) is 4.98 Å². The van der Waals surface area contributed by atoms with Crippen LogP contribution in [0.4, 0.5) is 0 Å². The first-order chi connectivity index (χ1) is 10.3. The number of para-hydroxylation sites is 1. The van der Waals surface area contributed by atoms with Gasteiger partial charge in [0.15, 0.2) is 4.96 Å². The zero-order valence-corrected chi connectivity index (χ0v) is 12.6. The summed E-state index contributed by atoms with van der Waals surface area (Å²) >= 11 is 1.67. The van der Waals surface area contributed by atoms with Gasteiger partial charge in [-0.05, 0) is 18.7 Å². The molecule has 0 spiro atoms. The summed E-state index contributed by atoms with van der Waals surface area (Å²) in [5.74, 6) is 1.02. The number of likely N-dealkylation sites (N-methyl/N-ethyl adjacent to an activating group) is 1. The summed E-state index contributed by atoms with van der Waals surface area (Å²) in [6.07, 6.45) is 6.17. The fourth-order valence-electron chi connectivity index (χ4n) is 2.95. The molecule has 1 aromatic carbocycles. The van der Waals surface area contributed by atoms with Crippen LogP contribution in [0.25, 0.3) is 4.96 Å². The third-order valence-corrected chi connectivity index (χ3v) is 4.83. The van der Waals surface area contributed by atoms with Gasteiger partial charge in [0.2, 0.25) is 0 Å². The molecule has 0 saturated heterocycles. The Morgan fingerprint density at radius 2 is 2.38 bits per heavy atom. The SMILES string of the molecule is CNC(Cc1cn2ccsc2n1)C1Cc2ccccc2O1. The Morgan fingerprint density at radius 3 is 3.19 bits per heavy atom. The minimum Gasteiger partial charge on any atom is -0.488 e. The second kappa shape index (κ2) is 5.16. The van der Waals surface area contributed by atoms with Crippen LogP contribution in [0.5, 0.6) is 5.75 Å². The van der Waals surface area contributed by atoms with E-state index in [2.05, 4.69) is 44.5 Å². The van der Waals surface area contributed by atoms with E-state index < -0.39 is 0 Å². The number of thiazole rings is 1. The van der Waals surface area contributed by atoms with Gasteiger partial charge in [-0.3, -0.25) is 4.40 Å². The molecular formula is C16H17N3OS. The van der Waals surface area contributed by atoms with Crippen molar-refractivity contribution in [2.75, 3.05) is 7.05 Å². The normalized spacial score (nSPS) is 18.6. The van der Waals surface area contributed by atoms with Crippen LogP contribution in [0.1, 0.15) is 11.3 Å². The van der Waals surface area contributed by atoms with Crippen LogP contribution in [-0.2, 0) is 12.8 Å². The molecule has 2 aromatic heterocycles. The summed E-state index contributed by atoms with van der Waals surface area (Å²) in [6.45, 7) is 0. The number of rotatable bonds is 4. The zero-order valence-electron chi connectivity index (χ0n) is 11.8. The first kappa shape index (κ1) is 12.9. The van der Waals surface area contributed by atoms with Crippen molar-refractivity contribution in [2.45, 2.75) is 25.0 Å². The standard InChI is InChI=1S/C16H17N3OS/c1-17-13(9-12-10-19-6-7-21-16(19)18-12)15-8-11-4-2-3-5-14(11)20-15/h2-7,10,13,15,17H,8-9H2,1H3. The molecule has 2 atom stereocenters. The van der Waals surface area contributed by atoms with Gasteiger partial charge in [0.05, 0.1) is 5.69 Å². The fraction of sp³-hybridized carbons (Fsp3) is 0.312. The lowest BCUT2D eigenvalue weighted by Crippen LogP contribution is -2.42. The minimum absolute atomic E-state index is 0.173. The van der Waals surface area contributed by atoms with E-state index in [0.29, 0.717) is 0 Å². The average Bonchev–Trinajstić information content (AvgIpc) is 3.17. The van der Waals surface area contributed by atoms with E-state index in [4.69, 9.17) is 4.74 Å². The van der Waals surface area contributed by atoms with E-state index in [9.17, 15) is 0 Å². The number of fused-ring (bicyclic) bond motifs is 2. The van der Waals surface area contributed by atoms with Crippen LogP contribution in [0.2, 0.25) is 0 Å². The number of nitrogens with one attached hydrogen (secondary N) is 1. The number of aromatic nitrogens is 2. The molecule has 5 heteroatoms. The third-order valence-electron chi connectivity index (χ3n) is 4.06. The lowest BCUT2D eigenvalue weighted by atomic mass is 10.0. The van der Waals surface area contributed by atoms with E-state index in [1.165, 1.54) is 5.56 Å². The van der Waals surface area contributed by atoms with Crippen molar-refractivity contribution in [2.24, 2.45) is 0 Å². The van der Waals surface area contributed by atoms with Crippen LogP contribution in [0.15, 0.2) is 42.0 Å². The van der Waals surface area contributed by atoms with Crippen molar-refractivity contribution in [1.29, 1.82) is 0 Å². The van der Waals surface area contributed by atoms with E-state index >= 15 is 0 Å². The third kappa shape index (κ3) is 2.32. The molecule has 21 heavy (non-hydrogen) atoms. The molecule has 0 saturated carbocycles. The van der Waals surface area contributed by atoms with Crippen molar-refractivity contribution in [3.05, 3.63) is 53.3 Å². The highest BCUT2D eigenvalue weighted by atomic mass is 32.1. The van der Waals surface area contributed by atoms with Crippen LogP contribution >= 0.6 is 11.3 Å². The number of hydrogen-bond acceptors (Lipinski definition) is 4. The zero-order chi connectivity index (χ0) is 14.2. The lowest BCUT2D eigenvalue weighted by molar-refractivity contribution is 0.181. The van der Waals surface area contributed by atoms with Gasteiger partial charge in [0.1, 0.15) is 11.9 Å². The van der Waals surface area contributed by atoms with Gasteiger partial charge in [-0.15, -0.1) is 11.3 Å². The molecule has 108 valence electrons. The first-order valence-electron chi connectivity index (χ1n) is 7.16. The first-order valence-corrected chi connectivity index (χ1v) is 8.04. The van der Waals surface area contributed by atoms with Crippen molar-refractivity contribution in [3.63, 3.8) is 0 Å². The topological polar surface area (TPSA) is 38.6 Å². The summed E-state index contributed by atoms with van der Waals surface area (Å²) in [7, 11) is 2.00. The van der Waals surface area contributed by atoms with E-state index in [1.54, 1.807) is 11.3 Å². The Labute approximate surface area is 127 Å². The van der Waals surface area contributed by atoms with Gasteiger partial charge in [0.25, 0.3) is 0 Å². The Bertz CT molecular complexity index is 710. The van der Waals surface area contributed by atoms with Crippen LogP contribution in [-0.4, -0.2) is 28.6 Å². The Hall–Kier alpha value is -1.85. The molecule has 1 N–H and O–H groups in total. The minimum atomic E-state index is 0.173. The maximum atomic E-state index is 6.09. The number of benzene rings is 1. The monoisotopic (exact) mass is 299 g/mol. The lowest BCUT2D eigenvalue weighted by Gasteiger charge is -2.22. The second-order valence-corrected chi connectivity index (χ2v) is 6.27. The number of nitrogens with zero attached hydrogens (tertiary/aromatic N) is 2. The fourth-order valence-corrected chi connectivity index (χ4v) is 3.67. The number of hydrogen-bond donors (Lipinski definition) is 1. The molecule has 0 fully saturated rings. The van der Waals surface area contributed by atoms with Crippen LogP contribution in [0, 0.1) is 0 Å². The van der Waals surface area contributed by atoms with Gasteiger partial charge in [-0.1, -0.05) is 18.2 Å². The predicted octanol–water partition coefficient (Wildman–Crippen LogP) is 2.53. The van der Waals surface area contributed by atoms with Crippen molar-refractivity contribution in [3.8, 4) is 5.75 Å². The van der Waals surface area contributed by atoms with E-state index in [-0.39, 0.29) is 12.1 Å². The molecule has 0 bridgehead atoms. The highest BCUT2D eigenvalue weighted by molar-refractivity contribution is 7.15. The Balaban J connectivity index is 1.52. The highest BCUT2D eigenvalue weighted by Crippen LogP contribution is 2.30. The maximum Gasteiger partial charge on any atom is 0.193 e. The van der Waals surface area contributed by atoms with Gasteiger partial charge >= 0.3 is 0 Å². The second-order valence-electron chi connectivity index (χ2n) is 5.39. The van der Waals surface area contributed by atoms with E-state index in [0.717, 1.165) is 29.2 Å². The Kier molecular flexibility index (Phi) is 3.16. The molecule has 3 aromatic rings. The summed E-state index contributed by atoms with van der Waals surface area (Å²) in [5, 5.41) is 5.45. The molecule has 3 heterocycles. The molecule has 1 aliphatic heterocycles. The highest BCUT2D eigenvalue weighted by Gasteiger charge is 2.29. The summed E-state index contributed by atoms with van der Waals surface area (Å²) in [6, 6.07) is 8.56. The molecule has 1 aliphatic rings. The maximum absolute atomic E-state index is 6.09. The van der Waals surface area contributed by atoms with Crippen molar-refractivity contribution in [1.82, 2.24) is 14.7 Å². The van der Waals surface area contributed by atoms with Gasteiger partial charge in [-0.2, -0.15) is 0 Å². The van der Waals surface area contributed by atoms with E-state index in [1.807, 2.05) is 19.3 Å². The molecule has 4 rings (SSSR count). The molecule has 4 nitrogen and oxygen atoms in total. The largest absolute Gasteiger partial charge is 0.488 e. The van der Waals surface area contributed by atoms with Crippen molar-refractivity contribution >= 4 is 16.3 Å². The average molecular weight is 299 g/mol. The molecule has 0 radical (unpaired) electrons. The summed E-state index contributed by atoms with van der Waals surface area (Å²) < 4.78 is 8.17. The van der Waals surface area contributed by atoms with Crippen LogP contribution in [0.3, 0.4) is 0 Å². The smallest absolute Gasteiger partial charge is 0.193 e. The van der Waals surface area contributed by atoms with Gasteiger partial charge in [0, 0.05) is 36.7 Å². The van der Waals surface area contributed by atoms with Crippen LogP contribution < -0.4 is 10.1 Å². The number of imidazole rings is 1. The molecular weight excluding hydrogens is 282 g/mol. The predicted molar refractivity (Wildman–Crippen MR) is 84.2 cm³/mol. The Morgan fingerprint density at radius 1 is 1.48 bits per heavy atom. The summed E-state index contributed by atoms with van der Waals surface area (Å²) in [5.41, 5.74) is 2.41.